The van der Waals surface area contributed by atoms with Gasteiger partial charge < -0.3 is 9.72 Å². The number of methoxy groups -OCH3 is 1. The highest BCUT2D eigenvalue weighted by Gasteiger charge is 2.14. The van der Waals surface area contributed by atoms with Crippen LogP contribution in [0.5, 0.6) is 0 Å². The average Bonchev–Trinajstić information content (AvgIpc) is 3.18. The molecule has 0 bridgehead atoms. The molecule has 1 aromatic carbocycles. The van der Waals surface area contributed by atoms with E-state index in [9.17, 15) is 9.59 Å². The third-order valence-electron chi connectivity index (χ3n) is 3.56. The van der Waals surface area contributed by atoms with Crippen LogP contribution in [0.4, 0.5) is 0 Å². The van der Waals surface area contributed by atoms with E-state index in [1.807, 2.05) is 35.8 Å². The fourth-order valence-corrected chi connectivity index (χ4v) is 3.25. The van der Waals surface area contributed by atoms with Crippen molar-refractivity contribution in [1.82, 2.24) is 4.98 Å². The van der Waals surface area contributed by atoms with Crippen LogP contribution < -0.4 is 0 Å². The van der Waals surface area contributed by atoms with Crippen LogP contribution in [0.1, 0.15) is 22.5 Å². The first-order chi connectivity index (χ1) is 10.7. The van der Waals surface area contributed by atoms with Crippen LogP contribution in [0.3, 0.4) is 0 Å². The minimum Gasteiger partial charge on any atom is -0.469 e. The number of aromatic amines is 1. The predicted octanol–water partition coefficient (Wildman–Crippen LogP) is 4.03. The van der Waals surface area contributed by atoms with Crippen molar-refractivity contribution in [3.05, 3.63) is 46.8 Å². The lowest BCUT2D eigenvalue weighted by Crippen LogP contribution is -2.04. The Hall–Kier alpha value is -2.40. The third-order valence-corrected chi connectivity index (χ3v) is 4.53. The lowest BCUT2D eigenvalue weighted by molar-refractivity contribution is -0.140. The van der Waals surface area contributed by atoms with Crippen LogP contribution in [-0.4, -0.2) is 23.8 Å². The van der Waals surface area contributed by atoms with Crippen LogP contribution in [0.2, 0.25) is 0 Å². The van der Waals surface area contributed by atoms with Gasteiger partial charge in [-0.15, -0.1) is 11.3 Å². The van der Waals surface area contributed by atoms with E-state index in [0.29, 0.717) is 4.88 Å². The van der Waals surface area contributed by atoms with Crippen molar-refractivity contribution >= 4 is 34.0 Å². The Balaban J connectivity index is 1.82. The number of fused-ring (bicyclic) bond motifs is 1. The fourth-order valence-electron chi connectivity index (χ4n) is 2.37. The molecule has 2 aromatic heterocycles. The topological polar surface area (TPSA) is 59.2 Å². The number of ether oxygens (including phenoxy) is 1. The molecule has 0 atom stereocenters. The van der Waals surface area contributed by atoms with E-state index in [-0.39, 0.29) is 24.6 Å². The molecule has 0 spiro atoms. The first kappa shape index (κ1) is 14.5. The monoisotopic (exact) mass is 313 g/mol. The number of carbonyl (C=O) groups is 2. The first-order valence-corrected chi connectivity index (χ1v) is 7.82. The summed E-state index contributed by atoms with van der Waals surface area (Å²) in [4.78, 5) is 27.1. The smallest absolute Gasteiger partial charge is 0.305 e. The first-order valence-electron chi connectivity index (χ1n) is 6.94. The van der Waals surface area contributed by atoms with Gasteiger partial charge in [0.1, 0.15) is 0 Å². The number of para-hydroxylation sites is 1. The molecule has 2 heterocycles. The van der Waals surface area contributed by atoms with Crippen molar-refractivity contribution in [1.29, 1.82) is 0 Å². The second-order valence-corrected chi connectivity index (χ2v) is 5.86. The van der Waals surface area contributed by atoms with Crippen molar-refractivity contribution in [2.24, 2.45) is 0 Å². The number of aromatic nitrogens is 1. The van der Waals surface area contributed by atoms with Crippen LogP contribution >= 0.6 is 11.3 Å². The maximum absolute atomic E-state index is 12.1. The summed E-state index contributed by atoms with van der Waals surface area (Å²) in [5, 5.41) is 3.11. The van der Waals surface area contributed by atoms with Gasteiger partial charge in [-0.3, -0.25) is 9.59 Å². The van der Waals surface area contributed by atoms with Crippen molar-refractivity contribution in [3.8, 4) is 11.1 Å². The highest BCUT2D eigenvalue weighted by molar-refractivity contribution is 7.12. The van der Waals surface area contributed by atoms with Gasteiger partial charge in [0.15, 0.2) is 5.78 Å². The second kappa shape index (κ2) is 6.15. The van der Waals surface area contributed by atoms with Crippen LogP contribution in [0.15, 0.2) is 41.9 Å². The minimum absolute atomic E-state index is 0.0264. The molecule has 112 valence electrons. The van der Waals surface area contributed by atoms with E-state index in [0.717, 1.165) is 22.0 Å². The standard InChI is InChI=1S/C17H15NO3S/c1-21-17(20)7-6-15(19)16-8-11(10-22-16)13-9-18-14-5-3-2-4-12(13)14/h2-5,8-10,18H,6-7H2,1H3. The number of hydrogen-bond acceptors (Lipinski definition) is 4. The number of Topliss-reactive ketones (excluding diaryl/α,β-unsaturated/α-hetero) is 1. The molecule has 3 rings (SSSR count). The number of carbonyl (C=O) groups excluding carboxylic acids is 2. The van der Waals surface area contributed by atoms with Crippen molar-refractivity contribution < 1.29 is 14.3 Å². The van der Waals surface area contributed by atoms with Crippen molar-refractivity contribution in [2.75, 3.05) is 7.11 Å². The van der Waals surface area contributed by atoms with E-state index in [2.05, 4.69) is 15.8 Å². The zero-order valence-electron chi connectivity index (χ0n) is 12.1. The van der Waals surface area contributed by atoms with Crippen LogP contribution in [-0.2, 0) is 9.53 Å². The third kappa shape index (κ3) is 2.80. The molecule has 0 radical (unpaired) electrons. The van der Waals surface area contributed by atoms with Gasteiger partial charge in [-0.2, -0.15) is 0 Å². The van der Waals surface area contributed by atoms with Crippen molar-refractivity contribution in [2.45, 2.75) is 12.8 Å². The summed E-state index contributed by atoms with van der Waals surface area (Å²) in [6, 6.07) is 9.94. The van der Waals surface area contributed by atoms with Gasteiger partial charge in [0, 0.05) is 29.1 Å². The SMILES string of the molecule is COC(=O)CCC(=O)c1cc(-c2c[nH]c3ccccc23)cs1. The van der Waals surface area contributed by atoms with Gasteiger partial charge in [0.2, 0.25) is 0 Å². The van der Waals surface area contributed by atoms with E-state index in [1.54, 1.807) is 0 Å². The summed E-state index contributed by atoms with van der Waals surface area (Å²) in [6.07, 6.45) is 2.26. The fraction of sp³-hybridized carbons (Fsp3) is 0.176. The molecule has 0 aliphatic carbocycles. The number of benzene rings is 1. The molecule has 0 amide bonds. The highest BCUT2D eigenvalue weighted by Crippen LogP contribution is 2.32. The Labute approximate surface area is 131 Å². The number of rotatable bonds is 5. The predicted molar refractivity (Wildman–Crippen MR) is 87.2 cm³/mol. The number of H-pyrrole nitrogens is 1. The summed E-state index contributed by atoms with van der Waals surface area (Å²) < 4.78 is 4.56. The van der Waals surface area contributed by atoms with E-state index in [4.69, 9.17) is 0 Å². The lowest BCUT2D eigenvalue weighted by Gasteiger charge is -1.97. The molecule has 1 N–H and O–H groups in total. The van der Waals surface area contributed by atoms with E-state index < -0.39 is 0 Å². The van der Waals surface area contributed by atoms with Gasteiger partial charge in [-0.05, 0) is 23.1 Å². The molecule has 0 aliphatic heterocycles. The molecule has 22 heavy (non-hydrogen) atoms. The number of nitrogens with one attached hydrogen (secondary N) is 1. The molecule has 4 nitrogen and oxygen atoms in total. The number of ketones is 1. The van der Waals surface area contributed by atoms with Gasteiger partial charge >= 0.3 is 5.97 Å². The minimum atomic E-state index is -0.359. The lowest BCUT2D eigenvalue weighted by atomic mass is 10.1. The maximum atomic E-state index is 12.1. The zero-order valence-corrected chi connectivity index (χ0v) is 12.9. The summed E-state index contributed by atoms with van der Waals surface area (Å²) in [7, 11) is 1.33. The van der Waals surface area contributed by atoms with E-state index >= 15 is 0 Å². The number of hydrogen-bond donors (Lipinski definition) is 1. The van der Waals surface area contributed by atoms with Crippen molar-refractivity contribution in [3.63, 3.8) is 0 Å². The summed E-state index contributed by atoms with van der Waals surface area (Å²) in [5.41, 5.74) is 3.17. The Kier molecular flexibility index (Phi) is 4.06. The van der Waals surface area contributed by atoms with Crippen LogP contribution in [0, 0.1) is 0 Å². The molecule has 0 unspecified atom stereocenters. The van der Waals surface area contributed by atoms with Gasteiger partial charge in [-0.1, -0.05) is 18.2 Å². The molecule has 0 saturated carbocycles. The Morgan fingerprint density at radius 2 is 2.05 bits per heavy atom. The molecular weight excluding hydrogens is 298 g/mol. The largest absolute Gasteiger partial charge is 0.469 e. The van der Waals surface area contributed by atoms with Gasteiger partial charge in [0.25, 0.3) is 0 Å². The summed E-state index contributed by atoms with van der Waals surface area (Å²) in [6.45, 7) is 0. The molecule has 3 aromatic rings. The van der Waals surface area contributed by atoms with Gasteiger partial charge in [-0.25, -0.2) is 0 Å². The van der Waals surface area contributed by atoms with Crippen LogP contribution in [0.25, 0.3) is 22.0 Å². The number of thiophene rings is 1. The molecule has 0 aliphatic rings. The summed E-state index contributed by atoms with van der Waals surface area (Å²) >= 11 is 1.41. The van der Waals surface area contributed by atoms with E-state index in [1.165, 1.54) is 18.4 Å². The molecular formula is C17H15NO3S. The highest BCUT2D eigenvalue weighted by atomic mass is 32.1. The molecule has 0 saturated heterocycles. The molecule has 0 fully saturated rings. The Morgan fingerprint density at radius 1 is 1.23 bits per heavy atom. The Bertz CT molecular complexity index is 831. The average molecular weight is 313 g/mol. The maximum Gasteiger partial charge on any atom is 0.305 e. The van der Waals surface area contributed by atoms with Gasteiger partial charge in [0.05, 0.1) is 18.4 Å². The Morgan fingerprint density at radius 3 is 2.86 bits per heavy atom. The normalized spacial score (nSPS) is 10.8. The molecule has 5 heteroatoms. The quantitative estimate of drug-likeness (QED) is 0.571. The zero-order chi connectivity index (χ0) is 15.5. The summed E-state index contributed by atoms with van der Waals surface area (Å²) in [5.74, 6) is -0.386. The second-order valence-electron chi connectivity index (χ2n) is 4.95. The number of esters is 1.